The molecule has 2 heterocycles. The summed E-state index contributed by atoms with van der Waals surface area (Å²) in [6.45, 7) is 3.23. The lowest BCUT2D eigenvalue weighted by Crippen LogP contribution is -2.22. The van der Waals surface area contributed by atoms with Gasteiger partial charge < -0.3 is 10.3 Å². The van der Waals surface area contributed by atoms with Crippen molar-refractivity contribution >= 4 is 5.65 Å². The van der Waals surface area contributed by atoms with Gasteiger partial charge in [0.25, 0.3) is 5.56 Å². The molecule has 96 valence electrons. The van der Waals surface area contributed by atoms with E-state index in [4.69, 9.17) is 5.73 Å². The molecule has 0 saturated heterocycles. The Morgan fingerprint density at radius 3 is 2.78 bits per heavy atom. The van der Waals surface area contributed by atoms with Gasteiger partial charge in [-0.3, -0.25) is 4.79 Å². The van der Waals surface area contributed by atoms with E-state index < -0.39 is 0 Å². The number of hydrogen-bond donors (Lipinski definition) is 1. The fourth-order valence-electron chi connectivity index (χ4n) is 2.61. The number of rotatable bonds is 3. The van der Waals surface area contributed by atoms with E-state index in [1.165, 1.54) is 23.8 Å². The van der Waals surface area contributed by atoms with E-state index in [1.54, 1.807) is 6.07 Å². The van der Waals surface area contributed by atoms with Gasteiger partial charge in [-0.2, -0.15) is 9.61 Å². The van der Waals surface area contributed by atoms with Gasteiger partial charge in [-0.1, -0.05) is 6.42 Å². The fourth-order valence-corrected chi connectivity index (χ4v) is 2.61. The molecule has 18 heavy (non-hydrogen) atoms. The van der Waals surface area contributed by atoms with Crippen LogP contribution in [0.2, 0.25) is 0 Å². The van der Waals surface area contributed by atoms with Crippen molar-refractivity contribution in [3.63, 3.8) is 0 Å². The van der Waals surface area contributed by atoms with E-state index in [2.05, 4.69) is 16.6 Å². The molecule has 1 fully saturated rings. The van der Waals surface area contributed by atoms with Gasteiger partial charge in [0.2, 0.25) is 0 Å². The Hall–Kier alpha value is -1.62. The Bertz CT molecular complexity index is 636. The summed E-state index contributed by atoms with van der Waals surface area (Å²) in [7, 11) is 0. The quantitative estimate of drug-likeness (QED) is 0.886. The summed E-state index contributed by atoms with van der Waals surface area (Å²) >= 11 is 0. The van der Waals surface area contributed by atoms with Crippen molar-refractivity contribution < 1.29 is 0 Å². The third kappa shape index (κ3) is 1.58. The van der Waals surface area contributed by atoms with E-state index in [1.807, 2.05) is 6.07 Å². The molecule has 0 bridgehead atoms. The monoisotopic (exact) mass is 246 g/mol. The minimum atomic E-state index is -0.0827. The van der Waals surface area contributed by atoms with Gasteiger partial charge in [0, 0.05) is 36.8 Å². The van der Waals surface area contributed by atoms with Crippen LogP contribution in [0.5, 0.6) is 0 Å². The maximum Gasteiger partial charge on any atom is 0.274 e. The molecule has 2 aromatic heterocycles. The predicted molar refractivity (Wildman–Crippen MR) is 69.6 cm³/mol. The molecule has 0 atom stereocenters. The van der Waals surface area contributed by atoms with Gasteiger partial charge >= 0.3 is 0 Å². The van der Waals surface area contributed by atoms with Crippen LogP contribution >= 0.6 is 0 Å². The molecule has 3 rings (SSSR count). The summed E-state index contributed by atoms with van der Waals surface area (Å²) in [5.41, 5.74) is 8.41. The summed E-state index contributed by atoms with van der Waals surface area (Å²) in [5.74, 6) is 0.538. The van der Waals surface area contributed by atoms with Crippen LogP contribution < -0.4 is 11.3 Å². The van der Waals surface area contributed by atoms with E-state index in [0.29, 0.717) is 12.5 Å². The first-order chi connectivity index (χ1) is 8.74. The Labute approximate surface area is 105 Å². The molecule has 0 radical (unpaired) electrons. The molecule has 0 amide bonds. The summed E-state index contributed by atoms with van der Waals surface area (Å²) in [6.07, 6.45) is 3.65. The molecule has 5 nitrogen and oxygen atoms in total. The second-order valence-corrected chi connectivity index (χ2v) is 4.89. The maximum atomic E-state index is 12.0. The largest absolute Gasteiger partial charge is 0.329 e. The summed E-state index contributed by atoms with van der Waals surface area (Å²) in [6, 6.07) is 3.64. The number of aromatic nitrogens is 3. The maximum absolute atomic E-state index is 12.0. The highest BCUT2D eigenvalue weighted by Gasteiger charge is 2.23. The molecule has 2 N–H and O–H groups in total. The molecule has 0 aromatic carbocycles. The lowest BCUT2D eigenvalue weighted by molar-refractivity contribution is 0.409. The van der Waals surface area contributed by atoms with Crippen LogP contribution in [0.1, 0.15) is 43.5 Å². The Morgan fingerprint density at radius 1 is 1.44 bits per heavy atom. The highest BCUT2D eigenvalue weighted by Crippen LogP contribution is 2.35. The molecule has 1 aliphatic carbocycles. The predicted octanol–water partition coefficient (Wildman–Crippen LogP) is 1.24. The first kappa shape index (κ1) is 11.5. The van der Waals surface area contributed by atoms with Gasteiger partial charge in [0.05, 0.1) is 5.69 Å². The highest BCUT2D eigenvalue weighted by atomic mass is 16.1. The van der Waals surface area contributed by atoms with E-state index >= 15 is 0 Å². The van der Waals surface area contributed by atoms with Crippen molar-refractivity contribution in [2.75, 3.05) is 0 Å². The molecule has 1 aliphatic rings. The Kier molecular flexibility index (Phi) is 2.70. The molecule has 0 aliphatic heterocycles. The smallest absolute Gasteiger partial charge is 0.274 e. The zero-order valence-corrected chi connectivity index (χ0v) is 10.6. The summed E-state index contributed by atoms with van der Waals surface area (Å²) in [4.78, 5) is 12.0. The number of hydrogen-bond acceptors (Lipinski definition) is 3. The molecule has 2 aromatic rings. The topological polar surface area (TPSA) is 65.3 Å². The van der Waals surface area contributed by atoms with E-state index in [9.17, 15) is 4.79 Å². The standard InChI is InChI=1S/C13H18N4O/c1-2-16-10(8-14)6-13(18)17-12(16)7-11(15-17)9-4-3-5-9/h6-7,9H,2-5,8,14H2,1H3. The highest BCUT2D eigenvalue weighted by molar-refractivity contribution is 5.43. The van der Waals surface area contributed by atoms with Crippen molar-refractivity contribution in [1.29, 1.82) is 0 Å². The van der Waals surface area contributed by atoms with Crippen LogP contribution in [-0.2, 0) is 13.1 Å². The van der Waals surface area contributed by atoms with Gasteiger partial charge in [0.1, 0.15) is 5.65 Å². The van der Waals surface area contributed by atoms with Crippen molar-refractivity contribution in [2.45, 2.75) is 45.2 Å². The summed E-state index contributed by atoms with van der Waals surface area (Å²) < 4.78 is 3.58. The van der Waals surface area contributed by atoms with Crippen LogP contribution in [0.15, 0.2) is 16.9 Å². The lowest BCUT2D eigenvalue weighted by atomic mass is 9.83. The second-order valence-electron chi connectivity index (χ2n) is 4.89. The number of nitrogens with zero attached hydrogens (tertiary/aromatic N) is 3. The number of fused-ring (bicyclic) bond motifs is 1. The average molecular weight is 246 g/mol. The van der Waals surface area contributed by atoms with Crippen LogP contribution in [0.3, 0.4) is 0 Å². The van der Waals surface area contributed by atoms with Crippen LogP contribution in [0.25, 0.3) is 5.65 Å². The van der Waals surface area contributed by atoms with Crippen molar-refractivity contribution in [1.82, 2.24) is 14.2 Å². The molecule has 0 spiro atoms. The normalized spacial score (nSPS) is 16.1. The SMILES string of the molecule is CCn1c(CN)cc(=O)n2nc(C3CCC3)cc12. The summed E-state index contributed by atoms with van der Waals surface area (Å²) in [5, 5.41) is 4.46. The van der Waals surface area contributed by atoms with E-state index in [-0.39, 0.29) is 5.56 Å². The van der Waals surface area contributed by atoms with Crippen molar-refractivity contribution in [3.8, 4) is 0 Å². The molecule has 5 heteroatoms. The Morgan fingerprint density at radius 2 is 2.22 bits per heavy atom. The van der Waals surface area contributed by atoms with Gasteiger partial charge in [-0.25, -0.2) is 0 Å². The second kappa shape index (κ2) is 4.24. The van der Waals surface area contributed by atoms with Crippen LogP contribution in [-0.4, -0.2) is 14.2 Å². The van der Waals surface area contributed by atoms with Gasteiger partial charge in [0.15, 0.2) is 0 Å². The Balaban J connectivity index is 2.24. The lowest BCUT2D eigenvalue weighted by Gasteiger charge is -2.22. The minimum Gasteiger partial charge on any atom is -0.329 e. The van der Waals surface area contributed by atoms with E-state index in [0.717, 1.165) is 23.6 Å². The van der Waals surface area contributed by atoms with Crippen molar-refractivity contribution in [3.05, 3.63) is 33.9 Å². The molecule has 0 unspecified atom stereocenters. The third-order valence-electron chi connectivity index (χ3n) is 3.88. The average Bonchev–Trinajstić information content (AvgIpc) is 2.71. The molecular formula is C13H18N4O. The van der Waals surface area contributed by atoms with Crippen LogP contribution in [0, 0.1) is 0 Å². The zero-order chi connectivity index (χ0) is 12.7. The van der Waals surface area contributed by atoms with Crippen LogP contribution in [0.4, 0.5) is 0 Å². The first-order valence-electron chi connectivity index (χ1n) is 6.57. The van der Waals surface area contributed by atoms with Crippen molar-refractivity contribution in [2.24, 2.45) is 5.73 Å². The third-order valence-corrected chi connectivity index (χ3v) is 3.88. The zero-order valence-electron chi connectivity index (χ0n) is 10.6. The fraction of sp³-hybridized carbons (Fsp3) is 0.538. The van der Waals surface area contributed by atoms with Gasteiger partial charge in [-0.15, -0.1) is 0 Å². The minimum absolute atomic E-state index is 0.0827. The first-order valence-corrected chi connectivity index (χ1v) is 6.57. The number of nitrogens with two attached hydrogens (primary N) is 1. The molecular weight excluding hydrogens is 228 g/mol. The molecule has 1 saturated carbocycles. The van der Waals surface area contributed by atoms with Gasteiger partial charge in [-0.05, 0) is 19.8 Å². The number of aryl methyl sites for hydroxylation is 1.